The van der Waals surface area contributed by atoms with Crippen LogP contribution in [-0.2, 0) is 11.2 Å². The highest BCUT2D eigenvalue weighted by atomic mass is 16.5. The number of nitrogens with one attached hydrogen (secondary N) is 1. The number of nitrogens with zero attached hydrogens (tertiary/aromatic N) is 3. The van der Waals surface area contributed by atoms with E-state index in [0.29, 0.717) is 17.6 Å². The average Bonchev–Trinajstić information content (AvgIpc) is 3.45. The molecule has 3 heterocycles. The van der Waals surface area contributed by atoms with Gasteiger partial charge in [0.05, 0.1) is 18.1 Å². The zero-order valence-electron chi connectivity index (χ0n) is 18.2. The summed E-state index contributed by atoms with van der Waals surface area (Å²) in [5, 5.41) is 14.4. The molecule has 0 aliphatic heterocycles. The first-order valence-corrected chi connectivity index (χ1v) is 10.7. The molecule has 32 heavy (non-hydrogen) atoms. The molecule has 5 rings (SSSR count). The highest BCUT2D eigenvalue weighted by Crippen LogP contribution is 2.40. The number of ether oxygens (including phenoxy) is 1. The minimum atomic E-state index is -0.768. The first kappa shape index (κ1) is 20.2. The zero-order valence-corrected chi connectivity index (χ0v) is 18.2. The quantitative estimate of drug-likeness (QED) is 0.446. The van der Waals surface area contributed by atoms with Gasteiger partial charge in [0.1, 0.15) is 0 Å². The van der Waals surface area contributed by atoms with Crippen molar-refractivity contribution in [3.63, 3.8) is 0 Å². The lowest BCUT2D eigenvalue weighted by molar-refractivity contribution is -0.137. The number of aromatic amines is 1. The van der Waals surface area contributed by atoms with Crippen LogP contribution in [-0.4, -0.2) is 37.3 Å². The minimum absolute atomic E-state index is 0.0357. The van der Waals surface area contributed by atoms with E-state index in [1.807, 2.05) is 45.0 Å². The number of hydrogen-bond acceptors (Lipinski definition) is 6. The number of hydrogen-bond donors (Lipinski definition) is 2. The lowest BCUT2D eigenvalue weighted by Gasteiger charge is -2.10. The average molecular weight is 432 g/mol. The molecule has 0 spiro atoms. The summed E-state index contributed by atoms with van der Waals surface area (Å²) in [6.45, 7) is 5.86. The molecule has 3 aromatic heterocycles. The van der Waals surface area contributed by atoms with Gasteiger partial charge in [-0.3, -0.25) is 4.79 Å². The number of rotatable bonds is 6. The maximum atomic E-state index is 11.2. The molecule has 8 nitrogen and oxygen atoms in total. The van der Waals surface area contributed by atoms with Crippen molar-refractivity contribution in [1.82, 2.24) is 20.1 Å². The van der Waals surface area contributed by atoms with Crippen molar-refractivity contribution in [2.24, 2.45) is 0 Å². The third-order valence-electron chi connectivity index (χ3n) is 5.82. The van der Waals surface area contributed by atoms with E-state index >= 15 is 0 Å². The van der Waals surface area contributed by atoms with Crippen molar-refractivity contribution in [3.05, 3.63) is 47.3 Å². The van der Waals surface area contributed by atoms with Crippen LogP contribution in [0.15, 0.2) is 35.0 Å². The third-order valence-corrected chi connectivity index (χ3v) is 5.82. The van der Waals surface area contributed by atoms with Gasteiger partial charge in [-0.2, -0.15) is 4.98 Å². The molecule has 1 aliphatic rings. The Balaban J connectivity index is 1.45. The van der Waals surface area contributed by atoms with Gasteiger partial charge in [-0.1, -0.05) is 5.16 Å². The monoisotopic (exact) mass is 432 g/mol. The molecule has 1 atom stereocenters. The molecule has 4 aromatic rings. The summed E-state index contributed by atoms with van der Waals surface area (Å²) in [6.07, 6.45) is 3.58. The molecular weight excluding hydrogens is 408 g/mol. The number of benzene rings is 1. The van der Waals surface area contributed by atoms with E-state index in [1.54, 1.807) is 6.20 Å². The van der Waals surface area contributed by atoms with Gasteiger partial charge in [-0.05, 0) is 63.4 Å². The molecular formula is C24H24N4O4. The van der Waals surface area contributed by atoms with Crippen LogP contribution in [0.2, 0.25) is 0 Å². The lowest BCUT2D eigenvalue weighted by Crippen LogP contribution is -2.08. The Morgan fingerprint density at radius 1 is 1.31 bits per heavy atom. The van der Waals surface area contributed by atoms with Crippen LogP contribution >= 0.6 is 0 Å². The highest BCUT2D eigenvalue weighted by Gasteiger charge is 2.28. The smallest absolute Gasteiger partial charge is 0.304 e. The Bertz CT molecular complexity index is 1320. The second-order valence-corrected chi connectivity index (χ2v) is 8.55. The number of fused-ring (bicyclic) bond motifs is 3. The molecule has 8 heteroatoms. The first-order chi connectivity index (χ1) is 15.4. The Hall–Kier alpha value is -3.68. The second kappa shape index (κ2) is 7.78. The number of pyridine rings is 1. The molecule has 164 valence electrons. The van der Waals surface area contributed by atoms with E-state index in [4.69, 9.17) is 9.26 Å². The van der Waals surface area contributed by atoms with E-state index < -0.39 is 5.97 Å². The summed E-state index contributed by atoms with van der Waals surface area (Å²) in [5.41, 5.74) is 5.71. The van der Waals surface area contributed by atoms with Gasteiger partial charge in [0.25, 0.3) is 5.89 Å². The van der Waals surface area contributed by atoms with E-state index in [1.165, 1.54) is 5.56 Å². The highest BCUT2D eigenvalue weighted by molar-refractivity contribution is 5.89. The van der Waals surface area contributed by atoms with Crippen LogP contribution in [0.25, 0.3) is 33.7 Å². The molecule has 0 saturated carbocycles. The minimum Gasteiger partial charge on any atom is -0.481 e. The maximum absolute atomic E-state index is 11.2. The van der Waals surface area contributed by atoms with E-state index in [-0.39, 0.29) is 18.4 Å². The predicted molar refractivity (Wildman–Crippen MR) is 119 cm³/mol. The SMILES string of the molecule is Cc1cc(-c2nc(-c3ccc4[nH]c5c(c4c3)CCC5CC(=O)O)no2)cnc1OC(C)C. The molecule has 1 aliphatic carbocycles. The third kappa shape index (κ3) is 3.62. The predicted octanol–water partition coefficient (Wildman–Crippen LogP) is 4.88. The number of carbonyl (C=O) groups is 1. The maximum Gasteiger partial charge on any atom is 0.304 e. The molecule has 0 radical (unpaired) electrons. The fourth-order valence-electron chi connectivity index (χ4n) is 4.39. The molecule has 0 fully saturated rings. The summed E-state index contributed by atoms with van der Waals surface area (Å²) in [6, 6.07) is 7.90. The first-order valence-electron chi connectivity index (χ1n) is 10.7. The number of aliphatic carboxylic acids is 1. The van der Waals surface area contributed by atoms with Gasteiger partial charge >= 0.3 is 5.97 Å². The number of aromatic nitrogens is 4. The largest absolute Gasteiger partial charge is 0.481 e. The zero-order chi connectivity index (χ0) is 22.4. The van der Waals surface area contributed by atoms with Crippen molar-refractivity contribution in [1.29, 1.82) is 0 Å². The summed E-state index contributed by atoms with van der Waals surface area (Å²) < 4.78 is 11.2. The topological polar surface area (TPSA) is 114 Å². The Labute approximate surface area is 184 Å². The van der Waals surface area contributed by atoms with Crippen molar-refractivity contribution in [2.75, 3.05) is 0 Å². The summed E-state index contributed by atoms with van der Waals surface area (Å²) >= 11 is 0. The molecule has 0 saturated heterocycles. The second-order valence-electron chi connectivity index (χ2n) is 8.55. The Morgan fingerprint density at radius 2 is 2.16 bits per heavy atom. The fourth-order valence-corrected chi connectivity index (χ4v) is 4.39. The number of carboxylic acid groups (broad SMARTS) is 1. The fraction of sp³-hybridized carbons (Fsp3) is 0.333. The van der Waals surface area contributed by atoms with Crippen molar-refractivity contribution in [2.45, 2.75) is 52.1 Å². The normalized spacial score (nSPS) is 15.4. The van der Waals surface area contributed by atoms with E-state index in [0.717, 1.165) is 46.1 Å². The van der Waals surface area contributed by atoms with Crippen LogP contribution in [0.3, 0.4) is 0 Å². The summed E-state index contributed by atoms with van der Waals surface area (Å²) in [7, 11) is 0. The lowest BCUT2D eigenvalue weighted by atomic mass is 10.0. The Kier molecular flexibility index (Phi) is 4.92. The molecule has 0 bridgehead atoms. The molecule has 1 unspecified atom stereocenters. The number of aryl methyl sites for hydroxylation is 2. The van der Waals surface area contributed by atoms with Gasteiger partial charge in [-0.25, -0.2) is 4.98 Å². The van der Waals surface area contributed by atoms with Crippen LogP contribution in [0, 0.1) is 6.92 Å². The molecule has 2 N–H and O–H groups in total. The molecule has 1 aromatic carbocycles. The van der Waals surface area contributed by atoms with Crippen LogP contribution in [0.4, 0.5) is 0 Å². The molecule has 0 amide bonds. The van der Waals surface area contributed by atoms with Gasteiger partial charge in [0.15, 0.2) is 0 Å². The van der Waals surface area contributed by atoms with Crippen LogP contribution in [0.1, 0.15) is 49.4 Å². The van der Waals surface area contributed by atoms with Crippen molar-refractivity contribution >= 4 is 16.9 Å². The number of carboxylic acids is 1. The van der Waals surface area contributed by atoms with Gasteiger partial charge in [0, 0.05) is 39.8 Å². The summed E-state index contributed by atoms with van der Waals surface area (Å²) in [5.74, 6) is 0.754. The summed E-state index contributed by atoms with van der Waals surface area (Å²) in [4.78, 5) is 23.5. The van der Waals surface area contributed by atoms with Crippen LogP contribution < -0.4 is 4.74 Å². The standard InChI is InChI=1S/C24H24N4O4/c1-12(2)31-23-13(3)8-16(11-25-23)24-27-22(28-32-24)15-5-7-19-18(9-15)17-6-4-14(10-20(29)30)21(17)26-19/h5,7-9,11-12,14,26H,4,6,10H2,1-3H3,(H,29,30). The van der Waals surface area contributed by atoms with Gasteiger partial charge in [-0.15, -0.1) is 0 Å². The van der Waals surface area contributed by atoms with Crippen LogP contribution in [0.5, 0.6) is 5.88 Å². The van der Waals surface area contributed by atoms with Crippen molar-refractivity contribution in [3.8, 4) is 28.7 Å². The van der Waals surface area contributed by atoms with E-state index in [2.05, 4.69) is 20.1 Å². The van der Waals surface area contributed by atoms with Gasteiger partial charge < -0.3 is 19.4 Å². The van der Waals surface area contributed by atoms with Crippen molar-refractivity contribution < 1.29 is 19.2 Å². The Morgan fingerprint density at radius 3 is 2.91 bits per heavy atom. The number of H-pyrrole nitrogens is 1. The van der Waals surface area contributed by atoms with Gasteiger partial charge in [0.2, 0.25) is 11.7 Å². The van der Waals surface area contributed by atoms with E-state index in [9.17, 15) is 9.90 Å².